The number of nitrogens with zero attached hydrogens (tertiary/aromatic N) is 3. The standard InChI is InChI=1S/C16H27N3O4/c20-13-12-17(9-5-16(13)3-4-16)6-1-7-18-10-11-19(15(22)23)8-2-14(18)21/h13,20H,1-12H2,(H,22,23)/t13-/m1/s1. The molecule has 3 rings (SSSR count). The minimum Gasteiger partial charge on any atom is -0.465 e. The number of aliphatic hydroxyl groups is 1. The van der Waals surface area contributed by atoms with Crippen molar-refractivity contribution in [2.24, 2.45) is 5.41 Å². The number of β-amino-alcohol motifs (C(OH)–C–C–N with tert-alkyl or cyclic N) is 1. The molecule has 2 heterocycles. The molecule has 0 radical (unpaired) electrons. The van der Waals surface area contributed by atoms with Crippen molar-refractivity contribution in [1.82, 2.24) is 14.7 Å². The van der Waals surface area contributed by atoms with Crippen LogP contribution in [0.2, 0.25) is 0 Å². The zero-order chi connectivity index (χ0) is 16.4. The van der Waals surface area contributed by atoms with Crippen molar-refractivity contribution in [3.63, 3.8) is 0 Å². The van der Waals surface area contributed by atoms with Crippen LogP contribution in [-0.2, 0) is 4.79 Å². The quantitative estimate of drug-likeness (QED) is 0.783. The number of rotatable bonds is 4. The summed E-state index contributed by atoms with van der Waals surface area (Å²) in [5.74, 6) is 0.0457. The summed E-state index contributed by atoms with van der Waals surface area (Å²) in [5.41, 5.74) is 0.234. The zero-order valence-electron chi connectivity index (χ0n) is 13.6. The maximum absolute atomic E-state index is 12.1. The third-order valence-corrected chi connectivity index (χ3v) is 5.72. The predicted molar refractivity (Wildman–Crippen MR) is 84.1 cm³/mol. The Morgan fingerprint density at radius 1 is 1.13 bits per heavy atom. The highest BCUT2D eigenvalue weighted by atomic mass is 16.4. The Kier molecular flexibility index (Phi) is 4.77. The molecule has 7 heteroatoms. The van der Waals surface area contributed by atoms with Crippen LogP contribution in [0.15, 0.2) is 0 Å². The van der Waals surface area contributed by atoms with Crippen LogP contribution < -0.4 is 0 Å². The van der Waals surface area contributed by atoms with Crippen LogP contribution in [0.1, 0.15) is 32.1 Å². The van der Waals surface area contributed by atoms with E-state index in [1.807, 2.05) is 0 Å². The van der Waals surface area contributed by atoms with E-state index in [4.69, 9.17) is 5.11 Å². The minimum absolute atomic E-state index is 0.0457. The van der Waals surface area contributed by atoms with Gasteiger partial charge in [-0.1, -0.05) is 0 Å². The highest BCUT2D eigenvalue weighted by Gasteiger charge is 2.50. The molecule has 0 aromatic carbocycles. The summed E-state index contributed by atoms with van der Waals surface area (Å²) < 4.78 is 0. The Bertz CT molecular complexity index is 466. The molecule has 0 aromatic heterocycles. The fourth-order valence-electron chi connectivity index (χ4n) is 3.80. The molecule has 1 aliphatic carbocycles. The molecule has 0 aromatic rings. The highest BCUT2D eigenvalue weighted by Crippen LogP contribution is 2.53. The van der Waals surface area contributed by atoms with Gasteiger partial charge in [-0.3, -0.25) is 4.79 Å². The van der Waals surface area contributed by atoms with E-state index < -0.39 is 6.09 Å². The number of carboxylic acid groups (broad SMARTS) is 1. The second kappa shape index (κ2) is 6.65. The fourth-order valence-corrected chi connectivity index (χ4v) is 3.80. The maximum atomic E-state index is 12.1. The monoisotopic (exact) mass is 325 g/mol. The van der Waals surface area contributed by atoms with E-state index in [0.717, 1.165) is 32.5 Å². The summed E-state index contributed by atoms with van der Waals surface area (Å²) in [6.45, 7) is 4.52. The Morgan fingerprint density at radius 3 is 2.57 bits per heavy atom. The molecule has 2 aliphatic heterocycles. The van der Waals surface area contributed by atoms with Gasteiger partial charge in [-0.05, 0) is 44.2 Å². The molecule has 3 fully saturated rings. The second-order valence-corrected chi connectivity index (χ2v) is 7.18. The van der Waals surface area contributed by atoms with E-state index in [-0.39, 0.29) is 23.8 Å². The maximum Gasteiger partial charge on any atom is 0.407 e. The summed E-state index contributed by atoms with van der Waals surface area (Å²) in [6, 6.07) is 0. The number of likely N-dealkylation sites (tertiary alicyclic amines) is 1. The lowest BCUT2D eigenvalue weighted by molar-refractivity contribution is -0.130. The molecule has 0 unspecified atom stereocenters. The Balaban J connectivity index is 1.40. The first-order valence-corrected chi connectivity index (χ1v) is 8.66. The second-order valence-electron chi connectivity index (χ2n) is 7.18. The number of hydrogen-bond acceptors (Lipinski definition) is 4. The van der Waals surface area contributed by atoms with Crippen LogP contribution in [0.25, 0.3) is 0 Å². The van der Waals surface area contributed by atoms with Crippen molar-refractivity contribution in [2.75, 3.05) is 45.8 Å². The van der Waals surface area contributed by atoms with Gasteiger partial charge in [-0.25, -0.2) is 4.79 Å². The normalized spacial score (nSPS) is 28.0. The average molecular weight is 325 g/mol. The Hall–Kier alpha value is -1.34. The average Bonchev–Trinajstić information content (AvgIpc) is 3.30. The Labute approximate surface area is 136 Å². The number of amides is 2. The fraction of sp³-hybridized carbons (Fsp3) is 0.875. The van der Waals surface area contributed by atoms with Crippen LogP contribution in [0.4, 0.5) is 4.79 Å². The van der Waals surface area contributed by atoms with Crippen molar-refractivity contribution in [2.45, 2.75) is 38.2 Å². The molecule has 130 valence electrons. The van der Waals surface area contributed by atoms with Crippen molar-refractivity contribution >= 4 is 12.0 Å². The molecule has 1 saturated carbocycles. The zero-order valence-corrected chi connectivity index (χ0v) is 13.6. The molecule has 0 bridgehead atoms. The SMILES string of the molecule is O=C(O)N1CCC(=O)N(CCCN2CCC3(CC3)[C@H](O)C2)CC1. The van der Waals surface area contributed by atoms with Gasteiger partial charge in [-0.15, -0.1) is 0 Å². The lowest BCUT2D eigenvalue weighted by atomic mass is 9.90. The number of aliphatic hydroxyl groups excluding tert-OH is 1. The molecular formula is C16H27N3O4. The predicted octanol–water partition coefficient (Wildman–Crippen LogP) is 0.436. The number of piperidine rings is 1. The van der Waals surface area contributed by atoms with Crippen LogP contribution in [-0.4, -0.2) is 88.8 Å². The van der Waals surface area contributed by atoms with Gasteiger partial charge in [0, 0.05) is 39.1 Å². The van der Waals surface area contributed by atoms with E-state index in [9.17, 15) is 14.7 Å². The van der Waals surface area contributed by atoms with Crippen molar-refractivity contribution in [1.29, 1.82) is 0 Å². The molecule has 2 saturated heterocycles. The largest absolute Gasteiger partial charge is 0.465 e. The third-order valence-electron chi connectivity index (χ3n) is 5.72. The summed E-state index contributed by atoms with van der Waals surface area (Å²) in [5, 5.41) is 19.2. The van der Waals surface area contributed by atoms with Crippen molar-refractivity contribution < 1.29 is 19.8 Å². The molecule has 3 aliphatic rings. The van der Waals surface area contributed by atoms with E-state index in [1.54, 1.807) is 4.90 Å². The molecule has 1 spiro atoms. The van der Waals surface area contributed by atoms with Gasteiger partial charge in [0.25, 0.3) is 0 Å². The summed E-state index contributed by atoms with van der Waals surface area (Å²) in [7, 11) is 0. The van der Waals surface area contributed by atoms with Crippen LogP contribution in [0, 0.1) is 5.41 Å². The first-order chi connectivity index (χ1) is 11.0. The topological polar surface area (TPSA) is 84.3 Å². The number of carbonyl (C=O) groups excluding carboxylic acids is 1. The van der Waals surface area contributed by atoms with Crippen molar-refractivity contribution in [3.05, 3.63) is 0 Å². The van der Waals surface area contributed by atoms with E-state index in [1.165, 1.54) is 17.7 Å². The Morgan fingerprint density at radius 2 is 1.91 bits per heavy atom. The molecule has 2 N–H and O–H groups in total. The van der Waals surface area contributed by atoms with Crippen LogP contribution >= 0.6 is 0 Å². The lowest BCUT2D eigenvalue weighted by Crippen LogP contribution is -2.46. The van der Waals surface area contributed by atoms with Gasteiger partial charge in [0.1, 0.15) is 0 Å². The third kappa shape index (κ3) is 3.77. The van der Waals surface area contributed by atoms with Crippen LogP contribution in [0.5, 0.6) is 0 Å². The minimum atomic E-state index is -0.948. The number of hydrogen-bond donors (Lipinski definition) is 2. The summed E-state index contributed by atoms with van der Waals surface area (Å²) >= 11 is 0. The van der Waals surface area contributed by atoms with Crippen molar-refractivity contribution in [3.8, 4) is 0 Å². The van der Waals surface area contributed by atoms with Gasteiger partial charge < -0.3 is 24.9 Å². The molecule has 7 nitrogen and oxygen atoms in total. The molecule has 1 atom stereocenters. The number of carbonyl (C=O) groups is 2. The van der Waals surface area contributed by atoms with Gasteiger partial charge in [-0.2, -0.15) is 0 Å². The highest BCUT2D eigenvalue weighted by molar-refractivity contribution is 5.77. The molecule has 23 heavy (non-hydrogen) atoms. The van der Waals surface area contributed by atoms with E-state index in [0.29, 0.717) is 26.2 Å². The van der Waals surface area contributed by atoms with Gasteiger partial charge >= 0.3 is 6.09 Å². The first-order valence-electron chi connectivity index (χ1n) is 8.66. The summed E-state index contributed by atoms with van der Waals surface area (Å²) in [6.07, 6.45) is 3.44. The van der Waals surface area contributed by atoms with Gasteiger partial charge in [0.05, 0.1) is 6.10 Å². The van der Waals surface area contributed by atoms with E-state index in [2.05, 4.69) is 4.90 Å². The first kappa shape index (κ1) is 16.5. The van der Waals surface area contributed by atoms with E-state index >= 15 is 0 Å². The molecule has 2 amide bonds. The van der Waals surface area contributed by atoms with Gasteiger partial charge in [0.2, 0.25) is 5.91 Å². The lowest BCUT2D eigenvalue weighted by Gasteiger charge is -2.36. The summed E-state index contributed by atoms with van der Waals surface area (Å²) in [4.78, 5) is 28.4. The smallest absolute Gasteiger partial charge is 0.407 e. The van der Waals surface area contributed by atoms with Crippen LogP contribution in [0.3, 0.4) is 0 Å². The van der Waals surface area contributed by atoms with Gasteiger partial charge in [0.15, 0.2) is 0 Å². The molecular weight excluding hydrogens is 298 g/mol.